The number of hydrogen-bond donors (Lipinski definition) is 1. The fraction of sp³-hybridized carbons (Fsp3) is 0.600. The van der Waals surface area contributed by atoms with Crippen molar-refractivity contribution in [1.29, 1.82) is 5.26 Å². The number of amides is 1. The summed E-state index contributed by atoms with van der Waals surface area (Å²) in [4.78, 5) is 14.3. The third-order valence-electron chi connectivity index (χ3n) is 6.00. The second-order valence-electron chi connectivity index (χ2n) is 7.80. The highest BCUT2D eigenvalue weighted by atomic mass is 16.5. The van der Waals surface area contributed by atoms with Crippen molar-refractivity contribution >= 4 is 5.91 Å². The summed E-state index contributed by atoms with van der Waals surface area (Å²) in [5, 5.41) is 19.1. The van der Waals surface area contributed by atoms with Gasteiger partial charge in [-0.3, -0.25) is 4.79 Å². The Kier molecular flexibility index (Phi) is 4.60. The zero-order chi connectivity index (χ0) is 18.1. The molecule has 0 bridgehead atoms. The third kappa shape index (κ3) is 3.42. The molecule has 6 heteroatoms. The van der Waals surface area contributed by atoms with Crippen molar-refractivity contribution in [2.75, 3.05) is 26.3 Å². The minimum atomic E-state index is -0.770. The Labute approximate surface area is 153 Å². The minimum absolute atomic E-state index is 0.0389. The Balaban J connectivity index is 1.30. The van der Waals surface area contributed by atoms with Gasteiger partial charge in [0.2, 0.25) is 5.91 Å². The van der Waals surface area contributed by atoms with E-state index in [1.165, 1.54) is 0 Å². The summed E-state index contributed by atoms with van der Waals surface area (Å²) < 4.78 is 11.8. The van der Waals surface area contributed by atoms with Gasteiger partial charge in [-0.1, -0.05) is 0 Å². The van der Waals surface area contributed by atoms with E-state index in [-0.39, 0.29) is 30.3 Å². The van der Waals surface area contributed by atoms with Crippen LogP contribution in [0.5, 0.6) is 5.75 Å². The van der Waals surface area contributed by atoms with Crippen molar-refractivity contribution < 1.29 is 19.4 Å². The first-order chi connectivity index (χ1) is 12.6. The number of carbonyl (C=O) groups excluding carboxylic acids is 1. The van der Waals surface area contributed by atoms with Gasteiger partial charge in [-0.15, -0.1) is 0 Å². The lowest BCUT2D eigenvalue weighted by Crippen LogP contribution is -2.43. The van der Waals surface area contributed by atoms with Crippen LogP contribution in [0.3, 0.4) is 0 Å². The molecular weight excluding hydrogens is 332 g/mol. The number of likely N-dealkylation sites (tertiary alicyclic amines) is 1. The zero-order valence-corrected chi connectivity index (χ0v) is 14.8. The molecule has 2 saturated heterocycles. The highest BCUT2D eigenvalue weighted by Gasteiger charge is 2.47. The fourth-order valence-electron chi connectivity index (χ4n) is 4.16. The molecule has 1 aliphatic carbocycles. The van der Waals surface area contributed by atoms with Gasteiger partial charge in [0, 0.05) is 24.9 Å². The van der Waals surface area contributed by atoms with Crippen LogP contribution in [0.25, 0.3) is 0 Å². The van der Waals surface area contributed by atoms with Gasteiger partial charge in [-0.25, -0.2) is 0 Å². The molecule has 3 atom stereocenters. The second kappa shape index (κ2) is 6.90. The van der Waals surface area contributed by atoms with Gasteiger partial charge >= 0.3 is 0 Å². The number of fused-ring (bicyclic) bond motifs is 1. The fourth-order valence-corrected chi connectivity index (χ4v) is 4.16. The van der Waals surface area contributed by atoms with E-state index in [1.54, 1.807) is 24.3 Å². The largest absolute Gasteiger partial charge is 0.493 e. The van der Waals surface area contributed by atoms with Crippen LogP contribution in [-0.4, -0.2) is 53.9 Å². The Morgan fingerprint density at radius 3 is 2.77 bits per heavy atom. The lowest BCUT2D eigenvalue weighted by Gasteiger charge is -2.37. The molecule has 26 heavy (non-hydrogen) atoms. The Bertz CT molecular complexity index is 708. The van der Waals surface area contributed by atoms with Gasteiger partial charge in [0.25, 0.3) is 0 Å². The molecule has 138 valence electrons. The number of aliphatic hydroxyl groups is 1. The van der Waals surface area contributed by atoms with Crippen LogP contribution in [0.15, 0.2) is 24.3 Å². The number of benzene rings is 1. The normalized spacial score (nSPS) is 28.9. The molecule has 0 spiro atoms. The molecule has 1 aromatic rings. The monoisotopic (exact) mass is 356 g/mol. The molecule has 2 heterocycles. The Hall–Kier alpha value is -2.10. The average Bonchev–Trinajstić information content (AvgIpc) is 3.20. The maximum Gasteiger partial charge on any atom is 0.225 e. The summed E-state index contributed by atoms with van der Waals surface area (Å²) in [7, 11) is 0. The summed E-state index contributed by atoms with van der Waals surface area (Å²) in [5.74, 6) is 1.32. The third-order valence-corrected chi connectivity index (χ3v) is 6.00. The van der Waals surface area contributed by atoms with Crippen LogP contribution in [-0.2, 0) is 9.53 Å². The molecule has 0 aromatic heterocycles. The number of nitriles is 1. The summed E-state index contributed by atoms with van der Waals surface area (Å²) in [5.41, 5.74) is -0.159. The van der Waals surface area contributed by atoms with Gasteiger partial charge in [0.05, 0.1) is 43.0 Å². The van der Waals surface area contributed by atoms with E-state index in [0.29, 0.717) is 31.9 Å². The number of carbonyl (C=O) groups is 1. The molecule has 1 N–H and O–H groups in total. The summed E-state index contributed by atoms with van der Waals surface area (Å²) in [6.07, 6.45) is 2.78. The van der Waals surface area contributed by atoms with E-state index in [9.17, 15) is 9.90 Å². The second-order valence-corrected chi connectivity index (χ2v) is 7.80. The van der Waals surface area contributed by atoms with Crippen LogP contribution in [0.2, 0.25) is 0 Å². The highest BCUT2D eigenvalue weighted by molar-refractivity contribution is 5.77. The Morgan fingerprint density at radius 1 is 1.35 bits per heavy atom. The molecule has 2 aliphatic heterocycles. The van der Waals surface area contributed by atoms with Crippen LogP contribution < -0.4 is 4.74 Å². The number of ether oxygens (including phenoxy) is 2. The van der Waals surface area contributed by atoms with E-state index in [2.05, 4.69) is 6.07 Å². The van der Waals surface area contributed by atoms with E-state index < -0.39 is 5.60 Å². The number of rotatable bonds is 5. The van der Waals surface area contributed by atoms with E-state index in [4.69, 9.17) is 14.7 Å². The summed E-state index contributed by atoms with van der Waals surface area (Å²) in [6.45, 7) is 2.49. The van der Waals surface area contributed by atoms with Gasteiger partial charge in [0.1, 0.15) is 5.75 Å². The van der Waals surface area contributed by atoms with Crippen LogP contribution in [0, 0.1) is 23.2 Å². The van der Waals surface area contributed by atoms with E-state index in [0.717, 1.165) is 25.0 Å². The first-order valence-corrected chi connectivity index (χ1v) is 9.31. The maximum atomic E-state index is 12.5. The SMILES string of the molecule is N#Cc1ccc(OC[C@@H]2CO[C@@H]3CN(C(=O)CC4(O)CCC4)C[C@H]23)cc1. The molecule has 0 unspecified atom stereocenters. The van der Waals surface area contributed by atoms with Gasteiger partial charge in [-0.2, -0.15) is 5.26 Å². The minimum Gasteiger partial charge on any atom is -0.493 e. The smallest absolute Gasteiger partial charge is 0.225 e. The van der Waals surface area contributed by atoms with Crippen molar-refractivity contribution in [3.05, 3.63) is 29.8 Å². The standard InChI is InChI=1S/C20H24N2O4/c21-9-14-2-4-16(5-3-14)25-12-15-13-26-18-11-22(10-17(15)18)19(23)8-20(24)6-1-7-20/h2-5,15,17-18,24H,1,6-8,10-13H2/t15-,17-,18-/m1/s1. The van der Waals surface area contributed by atoms with Gasteiger partial charge < -0.3 is 19.5 Å². The first-order valence-electron chi connectivity index (χ1n) is 9.31. The number of hydrogen-bond acceptors (Lipinski definition) is 5. The van der Waals surface area contributed by atoms with Gasteiger partial charge in [-0.05, 0) is 43.5 Å². The topological polar surface area (TPSA) is 82.8 Å². The first kappa shape index (κ1) is 17.3. The molecule has 0 radical (unpaired) electrons. The van der Waals surface area contributed by atoms with Crippen LogP contribution in [0.4, 0.5) is 0 Å². The lowest BCUT2D eigenvalue weighted by molar-refractivity contribution is -0.140. The molecule has 4 rings (SSSR count). The molecule has 3 fully saturated rings. The predicted octanol–water partition coefficient (Wildman–Crippen LogP) is 1.72. The lowest BCUT2D eigenvalue weighted by atomic mass is 9.77. The molecule has 1 amide bonds. The quantitative estimate of drug-likeness (QED) is 0.868. The van der Waals surface area contributed by atoms with E-state index >= 15 is 0 Å². The molecule has 6 nitrogen and oxygen atoms in total. The van der Waals surface area contributed by atoms with Crippen molar-refractivity contribution in [3.63, 3.8) is 0 Å². The number of nitrogens with zero attached hydrogens (tertiary/aromatic N) is 2. The molecule has 1 saturated carbocycles. The summed E-state index contributed by atoms with van der Waals surface area (Å²) >= 11 is 0. The van der Waals surface area contributed by atoms with E-state index in [1.807, 2.05) is 4.90 Å². The van der Waals surface area contributed by atoms with Crippen molar-refractivity contribution in [3.8, 4) is 11.8 Å². The van der Waals surface area contributed by atoms with Crippen molar-refractivity contribution in [2.45, 2.75) is 37.4 Å². The van der Waals surface area contributed by atoms with Crippen molar-refractivity contribution in [1.82, 2.24) is 4.90 Å². The summed E-state index contributed by atoms with van der Waals surface area (Å²) in [6, 6.07) is 9.17. The predicted molar refractivity (Wildman–Crippen MR) is 93.4 cm³/mol. The zero-order valence-electron chi connectivity index (χ0n) is 14.8. The van der Waals surface area contributed by atoms with Crippen LogP contribution in [0.1, 0.15) is 31.2 Å². The van der Waals surface area contributed by atoms with Crippen LogP contribution >= 0.6 is 0 Å². The molecule has 1 aromatic carbocycles. The van der Waals surface area contributed by atoms with Gasteiger partial charge in [0.15, 0.2) is 0 Å². The Morgan fingerprint density at radius 2 is 2.12 bits per heavy atom. The maximum absolute atomic E-state index is 12.5. The highest BCUT2D eigenvalue weighted by Crippen LogP contribution is 2.38. The van der Waals surface area contributed by atoms with Crippen molar-refractivity contribution in [2.24, 2.45) is 11.8 Å². The molecule has 3 aliphatic rings. The average molecular weight is 356 g/mol. The molecular formula is C20H24N2O4.